The molecule has 0 aromatic heterocycles. The van der Waals surface area contributed by atoms with Gasteiger partial charge in [-0.15, -0.1) is 0 Å². The molecule has 1 aromatic carbocycles. The summed E-state index contributed by atoms with van der Waals surface area (Å²) in [6, 6.07) is 9.41. The molecule has 1 saturated carbocycles. The highest BCUT2D eigenvalue weighted by molar-refractivity contribution is 9.10. The van der Waals surface area contributed by atoms with Crippen LogP contribution in [0.3, 0.4) is 0 Å². The molecule has 1 aliphatic rings. The van der Waals surface area contributed by atoms with Crippen LogP contribution in [0.1, 0.15) is 31.2 Å². The summed E-state index contributed by atoms with van der Waals surface area (Å²) in [6.07, 6.45) is 6.67. The van der Waals surface area contributed by atoms with Crippen LogP contribution in [0.15, 0.2) is 28.7 Å². The predicted molar refractivity (Wildman–Crippen MR) is 72.7 cm³/mol. The molecule has 1 atom stereocenters. The molecule has 88 valence electrons. The van der Waals surface area contributed by atoms with Gasteiger partial charge in [-0.3, -0.25) is 0 Å². The molecule has 0 amide bonds. The first-order chi connectivity index (χ1) is 7.79. The van der Waals surface area contributed by atoms with E-state index in [0.717, 1.165) is 12.0 Å². The van der Waals surface area contributed by atoms with E-state index in [1.54, 1.807) is 0 Å². The van der Waals surface area contributed by atoms with Crippen molar-refractivity contribution in [3.8, 4) is 0 Å². The summed E-state index contributed by atoms with van der Waals surface area (Å²) in [5.41, 5.74) is 1.44. The number of hydrogen-bond donors (Lipinski definition) is 1. The van der Waals surface area contributed by atoms with Crippen molar-refractivity contribution in [2.75, 3.05) is 7.05 Å². The maximum absolute atomic E-state index is 3.52. The van der Waals surface area contributed by atoms with Crippen LogP contribution in [0, 0.1) is 5.92 Å². The minimum Gasteiger partial charge on any atom is -0.317 e. The zero-order valence-electron chi connectivity index (χ0n) is 9.88. The number of rotatable bonds is 6. The molecule has 0 bridgehead atoms. The molecule has 1 N–H and O–H groups in total. The lowest BCUT2D eigenvalue weighted by molar-refractivity contribution is 0.456. The van der Waals surface area contributed by atoms with E-state index in [1.807, 2.05) is 0 Å². The van der Waals surface area contributed by atoms with Crippen LogP contribution in [-0.4, -0.2) is 13.1 Å². The Bertz CT molecular complexity index is 333. The third kappa shape index (κ3) is 3.60. The first-order valence-electron chi connectivity index (χ1n) is 6.21. The fourth-order valence-corrected chi connectivity index (χ4v) is 2.78. The van der Waals surface area contributed by atoms with E-state index in [9.17, 15) is 0 Å². The van der Waals surface area contributed by atoms with Crippen LogP contribution in [0.25, 0.3) is 0 Å². The number of benzene rings is 1. The Morgan fingerprint density at radius 3 is 2.88 bits per heavy atom. The Morgan fingerprint density at radius 2 is 2.25 bits per heavy atom. The van der Waals surface area contributed by atoms with Crippen LogP contribution < -0.4 is 5.32 Å². The van der Waals surface area contributed by atoms with Gasteiger partial charge < -0.3 is 5.32 Å². The standard InChI is InChI=1S/C14H20BrN/c1-16-14(12-8-9-12)7-3-5-11-4-2-6-13(15)10-11/h2,4,6,10,12,14,16H,3,5,7-9H2,1H3. The number of halogens is 1. The topological polar surface area (TPSA) is 12.0 Å². The van der Waals surface area contributed by atoms with Crippen LogP contribution >= 0.6 is 15.9 Å². The van der Waals surface area contributed by atoms with E-state index in [0.29, 0.717) is 0 Å². The predicted octanol–water partition coefficient (Wildman–Crippen LogP) is 3.77. The SMILES string of the molecule is CNC(CCCc1cccc(Br)c1)C1CC1. The van der Waals surface area contributed by atoms with Crippen LogP contribution in [-0.2, 0) is 6.42 Å². The summed E-state index contributed by atoms with van der Waals surface area (Å²) in [7, 11) is 2.10. The third-order valence-electron chi connectivity index (χ3n) is 3.43. The zero-order chi connectivity index (χ0) is 11.4. The molecule has 1 aliphatic carbocycles. The zero-order valence-corrected chi connectivity index (χ0v) is 11.5. The van der Waals surface area contributed by atoms with E-state index in [1.165, 1.54) is 42.1 Å². The monoisotopic (exact) mass is 281 g/mol. The Labute approximate surface area is 107 Å². The van der Waals surface area contributed by atoms with Crippen LogP contribution in [0.5, 0.6) is 0 Å². The maximum Gasteiger partial charge on any atom is 0.0177 e. The van der Waals surface area contributed by atoms with E-state index < -0.39 is 0 Å². The minimum absolute atomic E-state index is 0.757. The number of hydrogen-bond acceptors (Lipinski definition) is 1. The Morgan fingerprint density at radius 1 is 1.44 bits per heavy atom. The fourth-order valence-electron chi connectivity index (χ4n) is 2.33. The molecule has 0 heterocycles. The quantitative estimate of drug-likeness (QED) is 0.837. The second kappa shape index (κ2) is 5.83. The lowest BCUT2D eigenvalue weighted by Crippen LogP contribution is -2.27. The van der Waals surface area contributed by atoms with Crippen molar-refractivity contribution in [2.45, 2.75) is 38.1 Å². The van der Waals surface area contributed by atoms with E-state index >= 15 is 0 Å². The smallest absolute Gasteiger partial charge is 0.0177 e. The normalized spacial score (nSPS) is 17.4. The summed E-state index contributed by atoms with van der Waals surface area (Å²) in [5.74, 6) is 0.965. The van der Waals surface area contributed by atoms with E-state index in [4.69, 9.17) is 0 Å². The summed E-state index contributed by atoms with van der Waals surface area (Å²) >= 11 is 3.52. The van der Waals surface area contributed by atoms with Crippen molar-refractivity contribution in [1.82, 2.24) is 5.32 Å². The van der Waals surface area contributed by atoms with Gasteiger partial charge in [0.25, 0.3) is 0 Å². The lowest BCUT2D eigenvalue weighted by atomic mass is 10.0. The van der Waals surface area contributed by atoms with Crippen molar-refractivity contribution < 1.29 is 0 Å². The maximum atomic E-state index is 3.52. The molecule has 1 unspecified atom stereocenters. The van der Waals surface area contributed by atoms with E-state index in [-0.39, 0.29) is 0 Å². The van der Waals surface area contributed by atoms with Gasteiger partial charge in [0, 0.05) is 10.5 Å². The van der Waals surface area contributed by atoms with Gasteiger partial charge in [-0.25, -0.2) is 0 Å². The van der Waals surface area contributed by atoms with Crippen molar-refractivity contribution in [3.05, 3.63) is 34.3 Å². The van der Waals surface area contributed by atoms with Gasteiger partial charge in [-0.05, 0) is 62.8 Å². The Kier molecular flexibility index (Phi) is 4.42. The number of aryl methyl sites for hydroxylation is 1. The van der Waals surface area contributed by atoms with Crippen molar-refractivity contribution >= 4 is 15.9 Å². The highest BCUT2D eigenvalue weighted by Gasteiger charge is 2.29. The highest BCUT2D eigenvalue weighted by atomic mass is 79.9. The van der Waals surface area contributed by atoms with Crippen molar-refractivity contribution in [1.29, 1.82) is 0 Å². The van der Waals surface area contributed by atoms with Crippen LogP contribution in [0.4, 0.5) is 0 Å². The minimum atomic E-state index is 0.757. The molecule has 0 aliphatic heterocycles. The Balaban J connectivity index is 1.74. The fraction of sp³-hybridized carbons (Fsp3) is 0.571. The summed E-state index contributed by atoms with van der Waals surface area (Å²) in [4.78, 5) is 0. The average Bonchev–Trinajstić information content (AvgIpc) is 3.08. The Hall–Kier alpha value is -0.340. The van der Waals surface area contributed by atoms with Gasteiger partial charge in [0.1, 0.15) is 0 Å². The molecule has 16 heavy (non-hydrogen) atoms. The van der Waals surface area contributed by atoms with E-state index in [2.05, 4.69) is 52.6 Å². The summed E-state index contributed by atoms with van der Waals surface area (Å²) in [6.45, 7) is 0. The molecule has 2 rings (SSSR count). The van der Waals surface area contributed by atoms with Crippen molar-refractivity contribution in [2.24, 2.45) is 5.92 Å². The average molecular weight is 282 g/mol. The molecule has 0 spiro atoms. The van der Waals surface area contributed by atoms with Crippen molar-refractivity contribution in [3.63, 3.8) is 0 Å². The molecule has 2 heteroatoms. The summed E-state index contributed by atoms with van der Waals surface area (Å²) in [5, 5.41) is 3.45. The second-order valence-corrected chi connectivity index (χ2v) is 5.67. The van der Waals surface area contributed by atoms with Gasteiger partial charge in [-0.1, -0.05) is 28.1 Å². The van der Waals surface area contributed by atoms with Crippen LogP contribution in [0.2, 0.25) is 0 Å². The molecule has 1 aromatic rings. The number of nitrogens with one attached hydrogen (secondary N) is 1. The first kappa shape index (κ1) is 12.1. The third-order valence-corrected chi connectivity index (χ3v) is 3.92. The molecular formula is C14H20BrN. The van der Waals surface area contributed by atoms with Gasteiger partial charge in [0.15, 0.2) is 0 Å². The van der Waals surface area contributed by atoms with Gasteiger partial charge >= 0.3 is 0 Å². The molecule has 0 radical (unpaired) electrons. The summed E-state index contributed by atoms with van der Waals surface area (Å²) < 4.78 is 1.19. The molecule has 0 saturated heterocycles. The highest BCUT2D eigenvalue weighted by Crippen LogP contribution is 2.34. The first-order valence-corrected chi connectivity index (χ1v) is 7.00. The largest absolute Gasteiger partial charge is 0.317 e. The molecule has 1 fully saturated rings. The molecular weight excluding hydrogens is 262 g/mol. The second-order valence-electron chi connectivity index (χ2n) is 4.75. The van der Waals surface area contributed by atoms with Gasteiger partial charge in [0.05, 0.1) is 0 Å². The molecule has 1 nitrogen and oxygen atoms in total. The van der Waals surface area contributed by atoms with Gasteiger partial charge in [-0.2, -0.15) is 0 Å². The van der Waals surface area contributed by atoms with Gasteiger partial charge in [0.2, 0.25) is 0 Å². The lowest BCUT2D eigenvalue weighted by Gasteiger charge is -2.14.